The van der Waals surface area contributed by atoms with Crippen LogP contribution in [0.2, 0.25) is 5.15 Å². The van der Waals surface area contributed by atoms with Crippen LogP contribution in [0.4, 0.5) is 0 Å². The first-order valence-corrected chi connectivity index (χ1v) is 6.10. The molecular formula is C11H18ClN3O. The third-order valence-corrected chi connectivity index (χ3v) is 3.44. The third kappa shape index (κ3) is 2.24. The lowest BCUT2D eigenvalue weighted by Crippen LogP contribution is -2.17. The van der Waals surface area contributed by atoms with E-state index >= 15 is 0 Å². The van der Waals surface area contributed by atoms with Gasteiger partial charge in [-0.05, 0) is 19.4 Å². The zero-order valence-electron chi connectivity index (χ0n) is 9.58. The zero-order chi connectivity index (χ0) is 11.5. The zero-order valence-corrected chi connectivity index (χ0v) is 10.3. The number of nitrogens with zero attached hydrogens (tertiary/aromatic N) is 2. The van der Waals surface area contributed by atoms with Gasteiger partial charge >= 0.3 is 0 Å². The molecule has 1 aliphatic heterocycles. The number of aromatic nitrogens is 2. The van der Waals surface area contributed by atoms with Crippen molar-refractivity contribution in [1.82, 2.24) is 9.55 Å². The number of nitrogens with two attached hydrogens (primary N) is 1. The lowest BCUT2D eigenvalue weighted by Gasteiger charge is -2.22. The molecule has 0 aliphatic carbocycles. The minimum Gasteiger partial charge on any atom is -0.381 e. The molecule has 0 radical (unpaired) electrons. The van der Waals surface area contributed by atoms with E-state index in [0.717, 1.165) is 44.0 Å². The Balaban J connectivity index is 2.24. The first-order chi connectivity index (χ1) is 7.74. The van der Waals surface area contributed by atoms with Crippen molar-refractivity contribution >= 4 is 11.6 Å². The number of ether oxygens (including phenoxy) is 1. The Hall–Kier alpha value is -0.580. The van der Waals surface area contributed by atoms with Gasteiger partial charge in [0.25, 0.3) is 0 Å². The Morgan fingerprint density at radius 1 is 1.50 bits per heavy atom. The van der Waals surface area contributed by atoms with Crippen LogP contribution in [-0.2, 0) is 18.2 Å². The van der Waals surface area contributed by atoms with Crippen LogP contribution in [0.3, 0.4) is 0 Å². The summed E-state index contributed by atoms with van der Waals surface area (Å²) in [6.45, 7) is 2.24. The molecule has 0 amide bonds. The highest BCUT2D eigenvalue weighted by molar-refractivity contribution is 6.30. The lowest BCUT2D eigenvalue weighted by molar-refractivity contribution is 0.0839. The molecule has 4 nitrogen and oxygen atoms in total. The maximum absolute atomic E-state index is 6.21. The number of rotatable bonds is 3. The van der Waals surface area contributed by atoms with E-state index in [9.17, 15) is 0 Å². The van der Waals surface area contributed by atoms with Gasteiger partial charge < -0.3 is 15.0 Å². The van der Waals surface area contributed by atoms with E-state index in [4.69, 9.17) is 22.1 Å². The van der Waals surface area contributed by atoms with E-state index in [1.165, 1.54) is 0 Å². The molecule has 2 heterocycles. The topological polar surface area (TPSA) is 53.1 Å². The molecule has 0 bridgehead atoms. The Kier molecular flexibility index (Phi) is 3.84. The lowest BCUT2D eigenvalue weighted by atomic mass is 9.97. The van der Waals surface area contributed by atoms with Gasteiger partial charge in [0.15, 0.2) is 5.15 Å². The summed E-state index contributed by atoms with van der Waals surface area (Å²) in [5.74, 6) is 1.46. The molecule has 90 valence electrons. The Morgan fingerprint density at radius 2 is 2.19 bits per heavy atom. The standard InChI is InChI=1S/C11H18ClN3O/c1-15-9(2-5-13)14-11(12)10(15)8-3-6-16-7-4-8/h8H,2-7,13H2,1H3. The summed E-state index contributed by atoms with van der Waals surface area (Å²) in [5.41, 5.74) is 6.70. The quantitative estimate of drug-likeness (QED) is 0.875. The SMILES string of the molecule is Cn1c(CCN)nc(Cl)c1C1CCOCC1. The van der Waals surface area contributed by atoms with Crippen molar-refractivity contribution < 1.29 is 4.74 Å². The van der Waals surface area contributed by atoms with Crippen molar-refractivity contribution in [3.63, 3.8) is 0 Å². The van der Waals surface area contributed by atoms with Crippen molar-refractivity contribution in [2.45, 2.75) is 25.2 Å². The predicted molar refractivity (Wildman–Crippen MR) is 63.8 cm³/mol. The van der Waals surface area contributed by atoms with Crippen LogP contribution in [0.1, 0.15) is 30.3 Å². The Labute approximate surface area is 101 Å². The third-order valence-electron chi connectivity index (χ3n) is 3.16. The van der Waals surface area contributed by atoms with Gasteiger partial charge in [0.1, 0.15) is 5.82 Å². The van der Waals surface area contributed by atoms with Crippen LogP contribution in [-0.4, -0.2) is 29.3 Å². The van der Waals surface area contributed by atoms with Gasteiger partial charge in [-0.25, -0.2) is 4.98 Å². The normalized spacial score (nSPS) is 17.9. The Morgan fingerprint density at radius 3 is 2.81 bits per heavy atom. The molecule has 16 heavy (non-hydrogen) atoms. The van der Waals surface area contributed by atoms with Gasteiger partial charge in [0, 0.05) is 32.6 Å². The summed E-state index contributed by atoms with van der Waals surface area (Å²) >= 11 is 6.21. The van der Waals surface area contributed by atoms with E-state index < -0.39 is 0 Å². The molecule has 2 N–H and O–H groups in total. The summed E-state index contributed by atoms with van der Waals surface area (Å²) < 4.78 is 7.46. The maximum Gasteiger partial charge on any atom is 0.150 e. The fourth-order valence-electron chi connectivity index (χ4n) is 2.29. The smallest absolute Gasteiger partial charge is 0.150 e. The molecule has 1 saturated heterocycles. The molecule has 0 spiro atoms. The van der Waals surface area contributed by atoms with Crippen LogP contribution >= 0.6 is 11.6 Å². The van der Waals surface area contributed by atoms with Gasteiger partial charge in [0.05, 0.1) is 5.69 Å². The van der Waals surface area contributed by atoms with Crippen LogP contribution in [0.25, 0.3) is 0 Å². The number of halogens is 1. The minimum atomic E-state index is 0.477. The van der Waals surface area contributed by atoms with Gasteiger partial charge in [-0.15, -0.1) is 0 Å². The van der Waals surface area contributed by atoms with Gasteiger partial charge in [-0.2, -0.15) is 0 Å². The van der Waals surface area contributed by atoms with Crippen molar-refractivity contribution in [1.29, 1.82) is 0 Å². The first kappa shape index (κ1) is 11.9. The summed E-state index contributed by atoms with van der Waals surface area (Å²) in [6, 6.07) is 0. The monoisotopic (exact) mass is 243 g/mol. The van der Waals surface area contributed by atoms with Gasteiger partial charge in [-0.3, -0.25) is 0 Å². The highest BCUT2D eigenvalue weighted by Gasteiger charge is 2.23. The van der Waals surface area contributed by atoms with Crippen LogP contribution in [0, 0.1) is 0 Å². The molecule has 0 saturated carbocycles. The predicted octanol–water partition coefficient (Wildman–Crippen LogP) is 1.47. The highest BCUT2D eigenvalue weighted by atomic mass is 35.5. The average Bonchev–Trinajstić information content (AvgIpc) is 2.56. The Bertz CT molecular complexity index is 358. The van der Waals surface area contributed by atoms with Crippen LogP contribution in [0.5, 0.6) is 0 Å². The first-order valence-electron chi connectivity index (χ1n) is 5.72. The summed E-state index contributed by atoms with van der Waals surface area (Å²) in [6.07, 6.45) is 2.84. The molecule has 1 aliphatic rings. The summed E-state index contributed by atoms with van der Waals surface area (Å²) in [7, 11) is 2.02. The van der Waals surface area contributed by atoms with Crippen LogP contribution in [0.15, 0.2) is 0 Å². The summed E-state index contributed by atoms with van der Waals surface area (Å²) in [4.78, 5) is 4.38. The molecule has 1 aromatic rings. The van der Waals surface area contributed by atoms with Crippen LogP contribution < -0.4 is 5.73 Å². The average molecular weight is 244 g/mol. The van der Waals surface area contributed by atoms with Gasteiger partial charge in [-0.1, -0.05) is 11.6 Å². The van der Waals surface area contributed by atoms with E-state index in [0.29, 0.717) is 17.6 Å². The number of imidazole rings is 1. The number of hydrogen-bond donors (Lipinski definition) is 1. The molecule has 0 aromatic carbocycles. The second-order valence-corrected chi connectivity index (χ2v) is 4.55. The fraction of sp³-hybridized carbons (Fsp3) is 0.727. The molecule has 1 fully saturated rings. The second kappa shape index (κ2) is 5.17. The summed E-state index contributed by atoms with van der Waals surface area (Å²) in [5, 5.41) is 0.637. The molecule has 5 heteroatoms. The highest BCUT2D eigenvalue weighted by Crippen LogP contribution is 2.32. The largest absolute Gasteiger partial charge is 0.381 e. The van der Waals surface area contributed by atoms with Crippen molar-refractivity contribution in [3.8, 4) is 0 Å². The molecule has 2 rings (SSSR count). The molecule has 0 unspecified atom stereocenters. The fourth-order valence-corrected chi connectivity index (χ4v) is 2.67. The van der Waals surface area contributed by atoms with E-state index in [1.54, 1.807) is 0 Å². The molecular weight excluding hydrogens is 226 g/mol. The van der Waals surface area contributed by atoms with Gasteiger partial charge in [0.2, 0.25) is 0 Å². The number of hydrogen-bond acceptors (Lipinski definition) is 3. The van der Waals surface area contributed by atoms with Crippen molar-refractivity contribution in [3.05, 3.63) is 16.7 Å². The van der Waals surface area contributed by atoms with Crippen molar-refractivity contribution in [2.75, 3.05) is 19.8 Å². The van der Waals surface area contributed by atoms with E-state index in [2.05, 4.69) is 9.55 Å². The van der Waals surface area contributed by atoms with E-state index in [1.807, 2.05) is 7.05 Å². The maximum atomic E-state index is 6.21. The molecule has 0 atom stereocenters. The van der Waals surface area contributed by atoms with Crippen molar-refractivity contribution in [2.24, 2.45) is 12.8 Å². The minimum absolute atomic E-state index is 0.477. The second-order valence-electron chi connectivity index (χ2n) is 4.19. The van der Waals surface area contributed by atoms with E-state index in [-0.39, 0.29) is 0 Å². The molecule has 1 aromatic heterocycles.